The molecule has 0 spiro atoms. The highest BCUT2D eigenvalue weighted by Crippen LogP contribution is 2.37. The zero-order chi connectivity index (χ0) is 23.7. The minimum Gasteiger partial charge on any atom is -0.322 e. The second kappa shape index (κ2) is 9.27. The molecule has 0 radical (unpaired) electrons. The molecule has 5 rings (SSSR count). The van der Waals surface area contributed by atoms with Crippen molar-refractivity contribution in [3.63, 3.8) is 0 Å². The maximum Gasteiger partial charge on any atom is 0.255 e. The van der Waals surface area contributed by atoms with Gasteiger partial charge in [0.15, 0.2) is 5.82 Å². The molecule has 1 aromatic heterocycles. The van der Waals surface area contributed by atoms with E-state index in [0.29, 0.717) is 17.6 Å². The van der Waals surface area contributed by atoms with Gasteiger partial charge in [-0.25, -0.2) is 13.1 Å². The van der Waals surface area contributed by atoms with Crippen LogP contribution in [-0.2, 0) is 10.0 Å². The van der Waals surface area contributed by atoms with Crippen LogP contribution in [-0.4, -0.2) is 51.9 Å². The van der Waals surface area contributed by atoms with Crippen LogP contribution in [0.15, 0.2) is 53.4 Å². The number of carbonyl (C=O) groups is 1. The Balaban J connectivity index is 1.34. The molecule has 0 atom stereocenters. The number of tetrazole rings is 1. The molecular formula is C24H28N6O3S. The van der Waals surface area contributed by atoms with Gasteiger partial charge in [0.2, 0.25) is 10.0 Å². The van der Waals surface area contributed by atoms with E-state index in [1.807, 2.05) is 22.9 Å². The highest BCUT2D eigenvalue weighted by atomic mass is 32.2. The lowest BCUT2D eigenvalue weighted by molar-refractivity contribution is 0.102. The Bertz CT molecular complexity index is 1300. The fourth-order valence-electron chi connectivity index (χ4n) is 4.49. The zero-order valence-corrected chi connectivity index (χ0v) is 19.9. The van der Waals surface area contributed by atoms with E-state index in [1.165, 1.54) is 10.4 Å². The third-order valence-electron chi connectivity index (χ3n) is 6.63. The van der Waals surface area contributed by atoms with Gasteiger partial charge in [0.25, 0.3) is 5.91 Å². The number of benzene rings is 2. The predicted octanol–water partition coefficient (Wildman–Crippen LogP) is 3.88. The van der Waals surface area contributed by atoms with Gasteiger partial charge >= 0.3 is 0 Å². The highest BCUT2D eigenvalue weighted by Gasteiger charge is 2.30. The molecule has 2 aliphatic carbocycles. The van der Waals surface area contributed by atoms with E-state index in [1.54, 1.807) is 31.3 Å². The summed E-state index contributed by atoms with van der Waals surface area (Å²) in [5.41, 5.74) is 1.67. The van der Waals surface area contributed by atoms with E-state index >= 15 is 0 Å². The number of hydrogen-bond donors (Lipinski definition) is 1. The molecule has 3 aromatic rings. The first-order chi connectivity index (χ1) is 16.4. The quantitative estimate of drug-likeness (QED) is 0.550. The molecule has 2 aliphatic rings. The molecule has 2 fully saturated rings. The van der Waals surface area contributed by atoms with Gasteiger partial charge in [0.05, 0.1) is 10.9 Å². The van der Waals surface area contributed by atoms with Crippen molar-refractivity contribution >= 4 is 21.6 Å². The van der Waals surface area contributed by atoms with Crippen LogP contribution in [0.1, 0.15) is 61.3 Å². The molecule has 10 heteroatoms. The van der Waals surface area contributed by atoms with Crippen molar-refractivity contribution in [1.82, 2.24) is 24.5 Å². The van der Waals surface area contributed by atoms with Crippen LogP contribution in [0.25, 0.3) is 11.4 Å². The summed E-state index contributed by atoms with van der Waals surface area (Å²) in [4.78, 5) is 13.1. The Labute approximate surface area is 199 Å². The number of carbonyl (C=O) groups excluding carboxylic acids is 1. The summed E-state index contributed by atoms with van der Waals surface area (Å²) in [5, 5.41) is 14.9. The summed E-state index contributed by atoms with van der Waals surface area (Å²) >= 11 is 0. The van der Waals surface area contributed by atoms with E-state index in [9.17, 15) is 13.2 Å². The Morgan fingerprint density at radius 1 is 1.03 bits per heavy atom. The van der Waals surface area contributed by atoms with Gasteiger partial charge in [-0.15, -0.1) is 5.10 Å². The van der Waals surface area contributed by atoms with Gasteiger partial charge in [-0.1, -0.05) is 37.5 Å². The van der Waals surface area contributed by atoms with Gasteiger partial charge in [0.1, 0.15) is 0 Å². The third kappa shape index (κ3) is 4.60. The lowest BCUT2D eigenvalue weighted by atomic mass is 9.96. The Kier molecular flexibility index (Phi) is 6.18. The first-order valence-corrected chi connectivity index (χ1v) is 13.2. The first kappa shape index (κ1) is 22.7. The normalized spacial score (nSPS) is 17.1. The van der Waals surface area contributed by atoms with Crippen molar-refractivity contribution in [1.29, 1.82) is 0 Å². The molecule has 34 heavy (non-hydrogen) atoms. The summed E-state index contributed by atoms with van der Waals surface area (Å²) in [7, 11) is -2.04. The van der Waals surface area contributed by atoms with E-state index in [-0.39, 0.29) is 22.4 Å². The van der Waals surface area contributed by atoms with Crippen molar-refractivity contribution in [2.45, 2.75) is 61.9 Å². The van der Waals surface area contributed by atoms with Crippen LogP contribution >= 0.6 is 0 Å². The Hall–Kier alpha value is -3.11. The molecule has 0 saturated heterocycles. The molecule has 9 nitrogen and oxygen atoms in total. The fraction of sp³-hybridized carbons (Fsp3) is 0.417. The maximum atomic E-state index is 13.2. The zero-order valence-electron chi connectivity index (χ0n) is 19.1. The van der Waals surface area contributed by atoms with Crippen LogP contribution < -0.4 is 5.32 Å². The average Bonchev–Trinajstić information content (AvgIpc) is 3.60. The molecule has 0 bridgehead atoms. The van der Waals surface area contributed by atoms with Gasteiger partial charge in [-0.2, -0.15) is 4.31 Å². The third-order valence-corrected chi connectivity index (χ3v) is 8.53. The van der Waals surface area contributed by atoms with Crippen LogP contribution in [0.2, 0.25) is 0 Å². The fourth-order valence-corrected chi connectivity index (χ4v) is 5.96. The number of sulfonamides is 1. The molecule has 2 saturated carbocycles. The van der Waals surface area contributed by atoms with Crippen molar-refractivity contribution in [2.75, 3.05) is 12.4 Å². The standard InChI is InChI=1S/C24H28N6O3S/c1-29(20-10-3-2-4-11-20)34(32,33)22-12-6-8-18(16-22)24(31)25-19-9-5-7-17(15-19)23-26-27-28-30(23)21-13-14-21/h5-9,12,15-16,20-21H,2-4,10-11,13-14H2,1H3,(H,25,31). The van der Waals surface area contributed by atoms with E-state index < -0.39 is 10.0 Å². The number of hydrogen-bond acceptors (Lipinski definition) is 6. The first-order valence-electron chi connectivity index (χ1n) is 11.7. The van der Waals surface area contributed by atoms with Gasteiger partial charge in [-0.05, 0) is 66.4 Å². The van der Waals surface area contributed by atoms with Crippen LogP contribution in [0.3, 0.4) is 0 Å². The van der Waals surface area contributed by atoms with E-state index in [0.717, 1.165) is 50.5 Å². The molecular weight excluding hydrogens is 452 g/mol. The number of nitrogens with zero attached hydrogens (tertiary/aromatic N) is 5. The van der Waals surface area contributed by atoms with Crippen molar-refractivity contribution in [3.05, 3.63) is 54.1 Å². The van der Waals surface area contributed by atoms with Gasteiger partial charge < -0.3 is 5.32 Å². The van der Waals surface area contributed by atoms with Gasteiger partial charge in [-0.3, -0.25) is 4.79 Å². The largest absolute Gasteiger partial charge is 0.322 e. The second-order valence-corrected chi connectivity index (χ2v) is 11.1. The Morgan fingerprint density at radius 2 is 1.79 bits per heavy atom. The number of nitrogens with one attached hydrogen (secondary N) is 1. The maximum absolute atomic E-state index is 13.2. The average molecular weight is 481 g/mol. The molecule has 178 valence electrons. The molecule has 0 aliphatic heterocycles. The number of rotatable bonds is 7. The molecule has 2 aromatic carbocycles. The van der Waals surface area contributed by atoms with Crippen molar-refractivity contribution < 1.29 is 13.2 Å². The molecule has 1 amide bonds. The summed E-state index contributed by atoms with van der Waals surface area (Å²) < 4.78 is 29.7. The lowest BCUT2D eigenvalue weighted by Crippen LogP contribution is -2.38. The summed E-state index contributed by atoms with van der Waals surface area (Å²) in [6, 6.07) is 13.9. The van der Waals surface area contributed by atoms with Gasteiger partial charge in [0, 0.05) is 29.9 Å². The summed E-state index contributed by atoms with van der Waals surface area (Å²) in [6.07, 6.45) is 7.09. The van der Waals surface area contributed by atoms with Crippen molar-refractivity contribution in [3.8, 4) is 11.4 Å². The smallest absolute Gasteiger partial charge is 0.255 e. The van der Waals surface area contributed by atoms with E-state index in [4.69, 9.17) is 0 Å². The Morgan fingerprint density at radius 3 is 2.56 bits per heavy atom. The minimum atomic E-state index is -3.68. The minimum absolute atomic E-state index is 0.00569. The summed E-state index contributed by atoms with van der Waals surface area (Å²) in [5.74, 6) is 0.286. The summed E-state index contributed by atoms with van der Waals surface area (Å²) in [6.45, 7) is 0. The molecule has 1 heterocycles. The SMILES string of the molecule is CN(C1CCCCC1)S(=O)(=O)c1cccc(C(=O)Nc2cccc(-c3nnnn3C3CC3)c2)c1. The lowest BCUT2D eigenvalue weighted by Gasteiger charge is -2.30. The monoisotopic (exact) mass is 480 g/mol. The molecule has 0 unspecified atom stereocenters. The number of anilines is 1. The number of amides is 1. The second-order valence-electron chi connectivity index (χ2n) is 9.05. The van der Waals surface area contributed by atoms with Crippen LogP contribution in [0.4, 0.5) is 5.69 Å². The number of aromatic nitrogens is 4. The van der Waals surface area contributed by atoms with Crippen LogP contribution in [0.5, 0.6) is 0 Å². The van der Waals surface area contributed by atoms with Crippen LogP contribution in [0, 0.1) is 0 Å². The van der Waals surface area contributed by atoms with E-state index in [2.05, 4.69) is 20.8 Å². The predicted molar refractivity (Wildman–Crippen MR) is 128 cm³/mol. The highest BCUT2D eigenvalue weighted by molar-refractivity contribution is 7.89. The van der Waals surface area contributed by atoms with Crippen molar-refractivity contribution in [2.24, 2.45) is 0 Å². The molecule has 1 N–H and O–H groups in total. The topological polar surface area (TPSA) is 110 Å².